The molecule has 0 aliphatic carbocycles. The van der Waals surface area contributed by atoms with E-state index in [1.807, 2.05) is 0 Å². The number of carbonyl (C=O) groups excluding carboxylic acids is 1. The summed E-state index contributed by atoms with van der Waals surface area (Å²) >= 11 is 0. The molecular weight excluding hydrogens is 168 g/mol. The Morgan fingerprint density at radius 2 is 2.31 bits per heavy atom. The van der Waals surface area contributed by atoms with E-state index in [1.54, 1.807) is 6.92 Å². The number of aromatic nitrogens is 2. The summed E-state index contributed by atoms with van der Waals surface area (Å²) in [7, 11) is 0. The van der Waals surface area contributed by atoms with E-state index in [0.29, 0.717) is 24.7 Å². The minimum atomic E-state index is 0.462. The zero-order chi connectivity index (χ0) is 9.26. The lowest BCUT2D eigenvalue weighted by molar-refractivity contribution is 0.103. The van der Waals surface area contributed by atoms with E-state index in [4.69, 9.17) is 4.74 Å². The van der Waals surface area contributed by atoms with E-state index >= 15 is 0 Å². The highest BCUT2D eigenvalue weighted by molar-refractivity contribution is 5.74. The number of fused-ring (bicyclic) bond motifs is 1. The van der Waals surface area contributed by atoms with Gasteiger partial charge in [0.15, 0.2) is 6.29 Å². The van der Waals surface area contributed by atoms with Crippen molar-refractivity contribution in [1.29, 1.82) is 0 Å². The Hall–Kier alpha value is -1.29. The third kappa shape index (κ3) is 1.45. The summed E-state index contributed by atoms with van der Waals surface area (Å²) in [6.45, 7) is 2.94. The molecule has 0 saturated heterocycles. The van der Waals surface area contributed by atoms with E-state index in [0.717, 1.165) is 24.0 Å². The Morgan fingerprint density at radius 1 is 1.46 bits per heavy atom. The molecule has 0 bridgehead atoms. The van der Waals surface area contributed by atoms with E-state index in [1.165, 1.54) is 0 Å². The maximum Gasteiger partial charge on any atom is 0.168 e. The molecule has 1 aliphatic rings. The van der Waals surface area contributed by atoms with Crippen LogP contribution in [0.5, 0.6) is 0 Å². The minimum absolute atomic E-state index is 0.462. The predicted molar refractivity (Wildman–Crippen MR) is 45.5 cm³/mol. The molecule has 0 amide bonds. The van der Waals surface area contributed by atoms with Crippen molar-refractivity contribution in [3.63, 3.8) is 0 Å². The molecule has 0 fully saturated rings. The second-order valence-electron chi connectivity index (χ2n) is 3.00. The molecule has 13 heavy (non-hydrogen) atoms. The normalized spacial score (nSPS) is 15.2. The van der Waals surface area contributed by atoms with E-state index < -0.39 is 0 Å². The van der Waals surface area contributed by atoms with Gasteiger partial charge in [0.05, 0.1) is 18.9 Å². The molecule has 0 N–H and O–H groups in total. The summed E-state index contributed by atoms with van der Waals surface area (Å²) in [4.78, 5) is 19.0. The highest BCUT2D eigenvalue weighted by Crippen LogP contribution is 2.16. The smallest absolute Gasteiger partial charge is 0.168 e. The first-order valence-electron chi connectivity index (χ1n) is 4.20. The molecule has 4 heteroatoms. The number of hydrogen-bond acceptors (Lipinski definition) is 4. The molecule has 0 atom stereocenters. The summed E-state index contributed by atoms with van der Waals surface area (Å²) in [5.41, 5.74) is 2.29. The van der Waals surface area contributed by atoms with Gasteiger partial charge in [-0.05, 0) is 6.92 Å². The first-order valence-corrected chi connectivity index (χ1v) is 4.20. The van der Waals surface area contributed by atoms with Crippen molar-refractivity contribution in [2.24, 2.45) is 0 Å². The van der Waals surface area contributed by atoms with Crippen molar-refractivity contribution in [2.45, 2.75) is 20.0 Å². The molecule has 0 radical (unpaired) electrons. The summed E-state index contributed by atoms with van der Waals surface area (Å²) in [5, 5.41) is 0. The molecule has 0 spiro atoms. The fraction of sp³-hybridized carbons (Fsp3) is 0.444. The van der Waals surface area contributed by atoms with Gasteiger partial charge < -0.3 is 4.74 Å². The van der Waals surface area contributed by atoms with Crippen LogP contribution in [0.15, 0.2) is 0 Å². The Bertz CT molecular complexity index is 350. The van der Waals surface area contributed by atoms with Gasteiger partial charge in [-0.3, -0.25) is 4.79 Å². The van der Waals surface area contributed by atoms with Gasteiger partial charge in [0.25, 0.3) is 0 Å². The molecule has 2 heterocycles. The first kappa shape index (κ1) is 8.31. The van der Waals surface area contributed by atoms with Crippen molar-refractivity contribution >= 4 is 6.29 Å². The van der Waals surface area contributed by atoms with Gasteiger partial charge >= 0.3 is 0 Å². The maximum absolute atomic E-state index is 10.7. The number of ether oxygens (including phenoxy) is 1. The van der Waals surface area contributed by atoms with Gasteiger partial charge in [-0.2, -0.15) is 0 Å². The van der Waals surface area contributed by atoms with E-state index in [-0.39, 0.29) is 0 Å². The standard InChI is InChI=1S/C9H10N2O2/c1-6-10-8-2-3-13-5-7(8)9(4-12)11-6/h4H,2-3,5H2,1H3. The Morgan fingerprint density at radius 3 is 3.08 bits per heavy atom. The zero-order valence-electron chi connectivity index (χ0n) is 7.41. The van der Waals surface area contributed by atoms with E-state index in [2.05, 4.69) is 9.97 Å². The van der Waals surface area contributed by atoms with Crippen LogP contribution in [0.4, 0.5) is 0 Å². The third-order valence-electron chi connectivity index (χ3n) is 2.08. The average Bonchev–Trinajstić information content (AvgIpc) is 2.16. The molecule has 0 unspecified atom stereocenters. The first-order chi connectivity index (χ1) is 6.31. The minimum Gasteiger partial charge on any atom is -0.376 e. The van der Waals surface area contributed by atoms with Gasteiger partial charge in [-0.15, -0.1) is 0 Å². The number of carbonyl (C=O) groups is 1. The molecule has 1 aromatic rings. The summed E-state index contributed by atoms with van der Waals surface area (Å²) in [6, 6.07) is 0. The molecule has 0 aromatic carbocycles. The molecular formula is C9H10N2O2. The van der Waals surface area contributed by atoms with Gasteiger partial charge in [0.1, 0.15) is 11.5 Å². The number of hydrogen-bond donors (Lipinski definition) is 0. The van der Waals surface area contributed by atoms with Gasteiger partial charge in [0.2, 0.25) is 0 Å². The topological polar surface area (TPSA) is 52.1 Å². The van der Waals surface area contributed by atoms with Crippen LogP contribution < -0.4 is 0 Å². The van der Waals surface area contributed by atoms with Crippen LogP contribution in [0.2, 0.25) is 0 Å². The summed E-state index contributed by atoms with van der Waals surface area (Å²) < 4.78 is 5.24. The van der Waals surface area contributed by atoms with Crippen molar-refractivity contribution < 1.29 is 9.53 Å². The van der Waals surface area contributed by atoms with Gasteiger partial charge in [-0.1, -0.05) is 0 Å². The largest absolute Gasteiger partial charge is 0.376 e. The number of aldehydes is 1. The maximum atomic E-state index is 10.7. The Balaban J connectivity index is 2.56. The Kier molecular flexibility index (Phi) is 2.06. The molecule has 1 aromatic heterocycles. The molecule has 68 valence electrons. The lowest BCUT2D eigenvalue weighted by Gasteiger charge is -2.16. The number of rotatable bonds is 1. The van der Waals surface area contributed by atoms with Crippen LogP contribution >= 0.6 is 0 Å². The molecule has 4 nitrogen and oxygen atoms in total. The van der Waals surface area contributed by atoms with Crippen LogP contribution in [0.1, 0.15) is 27.6 Å². The van der Waals surface area contributed by atoms with Crippen molar-refractivity contribution in [2.75, 3.05) is 6.61 Å². The van der Waals surface area contributed by atoms with Gasteiger partial charge in [-0.25, -0.2) is 9.97 Å². The second-order valence-corrected chi connectivity index (χ2v) is 3.00. The summed E-state index contributed by atoms with van der Waals surface area (Å²) in [6.07, 6.45) is 1.54. The Labute approximate surface area is 76.0 Å². The van der Waals surface area contributed by atoms with Gasteiger partial charge in [0, 0.05) is 12.0 Å². The fourth-order valence-electron chi connectivity index (χ4n) is 1.48. The van der Waals surface area contributed by atoms with Crippen molar-refractivity contribution in [1.82, 2.24) is 9.97 Å². The SMILES string of the molecule is Cc1nc(C=O)c2c(n1)CCOC2. The monoisotopic (exact) mass is 178 g/mol. The molecule has 0 saturated carbocycles. The highest BCUT2D eigenvalue weighted by Gasteiger charge is 2.16. The van der Waals surface area contributed by atoms with Crippen LogP contribution in [0.3, 0.4) is 0 Å². The van der Waals surface area contributed by atoms with Crippen molar-refractivity contribution in [3.8, 4) is 0 Å². The second kappa shape index (κ2) is 3.22. The lowest BCUT2D eigenvalue weighted by Crippen LogP contribution is -2.16. The summed E-state index contributed by atoms with van der Waals surface area (Å²) in [5.74, 6) is 0.655. The van der Waals surface area contributed by atoms with Crippen molar-refractivity contribution in [3.05, 3.63) is 22.8 Å². The fourth-order valence-corrected chi connectivity index (χ4v) is 1.48. The quantitative estimate of drug-likeness (QED) is 0.593. The van der Waals surface area contributed by atoms with Crippen LogP contribution in [0, 0.1) is 6.92 Å². The lowest BCUT2D eigenvalue weighted by atomic mass is 10.1. The third-order valence-corrected chi connectivity index (χ3v) is 2.08. The van der Waals surface area contributed by atoms with Crippen LogP contribution in [-0.2, 0) is 17.8 Å². The predicted octanol–water partition coefficient (Wildman–Crippen LogP) is 0.670. The number of nitrogens with zero attached hydrogens (tertiary/aromatic N) is 2. The molecule has 1 aliphatic heterocycles. The molecule has 2 rings (SSSR count). The number of aryl methyl sites for hydroxylation is 1. The highest BCUT2D eigenvalue weighted by atomic mass is 16.5. The average molecular weight is 178 g/mol. The van der Waals surface area contributed by atoms with Crippen LogP contribution in [0.25, 0.3) is 0 Å². The zero-order valence-corrected chi connectivity index (χ0v) is 7.41. The van der Waals surface area contributed by atoms with Crippen LogP contribution in [-0.4, -0.2) is 22.9 Å². The van der Waals surface area contributed by atoms with E-state index in [9.17, 15) is 4.79 Å².